The second-order valence-corrected chi connectivity index (χ2v) is 10.8. The number of benzene rings is 5. The minimum atomic E-state index is -0.278. The van der Waals surface area contributed by atoms with Crippen molar-refractivity contribution in [1.29, 1.82) is 0 Å². The van der Waals surface area contributed by atoms with Crippen LogP contribution < -0.4 is 10.2 Å². The number of aromatic nitrogens is 1. The van der Waals surface area contributed by atoms with Gasteiger partial charge in [-0.15, -0.1) is 0 Å². The molecular weight excluding hydrogens is 586 g/mol. The number of hydrazone groups is 1. The zero-order valence-electron chi connectivity index (χ0n) is 23.0. The number of hydrogen-bond acceptors (Lipinski definition) is 3. The number of carbonyl (C=O) groups is 1. The third-order valence-electron chi connectivity index (χ3n) is 7.13. The molecule has 6 aromatic rings. The van der Waals surface area contributed by atoms with Gasteiger partial charge in [-0.3, -0.25) is 4.79 Å². The molecule has 0 aliphatic carbocycles. The van der Waals surface area contributed by atoms with E-state index in [4.69, 9.17) is 4.74 Å². The molecule has 0 radical (unpaired) electrons. The Bertz CT molecular complexity index is 1890. The van der Waals surface area contributed by atoms with E-state index in [2.05, 4.69) is 86.5 Å². The van der Waals surface area contributed by atoms with Crippen molar-refractivity contribution >= 4 is 38.8 Å². The Labute approximate surface area is 253 Å². The van der Waals surface area contributed by atoms with Crippen LogP contribution >= 0.6 is 15.9 Å². The number of hydrogen-bond donors (Lipinski definition) is 1. The van der Waals surface area contributed by atoms with Crippen LogP contribution in [0.25, 0.3) is 27.7 Å². The highest BCUT2D eigenvalue weighted by Crippen LogP contribution is 2.28. The van der Waals surface area contributed by atoms with Crippen LogP contribution in [0.2, 0.25) is 0 Å². The third-order valence-corrected chi connectivity index (χ3v) is 7.75. The maximum absolute atomic E-state index is 12.8. The van der Waals surface area contributed by atoms with Crippen LogP contribution in [-0.2, 0) is 6.61 Å². The molecule has 0 unspecified atom stereocenters. The molecule has 5 aromatic carbocycles. The average molecular weight is 615 g/mol. The second-order valence-electron chi connectivity index (χ2n) is 9.92. The molecule has 5 nitrogen and oxygen atoms in total. The predicted molar refractivity (Wildman–Crippen MR) is 173 cm³/mol. The number of halogens is 1. The van der Waals surface area contributed by atoms with Crippen LogP contribution in [0.4, 0.5) is 0 Å². The van der Waals surface area contributed by atoms with Crippen molar-refractivity contribution in [3.63, 3.8) is 0 Å². The Morgan fingerprint density at radius 1 is 0.857 bits per heavy atom. The average Bonchev–Trinajstić information content (AvgIpc) is 3.42. The van der Waals surface area contributed by atoms with Gasteiger partial charge in [0.1, 0.15) is 12.4 Å². The highest BCUT2D eigenvalue weighted by atomic mass is 79.9. The number of amides is 1. The topological polar surface area (TPSA) is 55.6 Å². The summed E-state index contributed by atoms with van der Waals surface area (Å²) in [7, 11) is 0. The van der Waals surface area contributed by atoms with Gasteiger partial charge in [-0.1, -0.05) is 72.8 Å². The van der Waals surface area contributed by atoms with Crippen molar-refractivity contribution in [3.05, 3.63) is 154 Å². The first-order valence-electron chi connectivity index (χ1n) is 13.6. The number of ether oxygens (including phenoxy) is 1. The summed E-state index contributed by atoms with van der Waals surface area (Å²) >= 11 is 3.60. The predicted octanol–water partition coefficient (Wildman–Crippen LogP) is 8.71. The first-order valence-corrected chi connectivity index (χ1v) is 14.4. The highest BCUT2D eigenvalue weighted by molar-refractivity contribution is 9.10. The van der Waals surface area contributed by atoms with Crippen molar-refractivity contribution in [2.45, 2.75) is 13.5 Å². The first kappa shape index (κ1) is 27.2. The molecule has 6 heteroatoms. The van der Waals surface area contributed by atoms with Crippen molar-refractivity contribution in [1.82, 2.24) is 9.99 Å². The molecule has 0 aliphatic heterocycles. The van der Waals surface area contributed by atoms with E-state index in [1.807, 2.05) is 78.9 Å². The fourth-order valence-electron chi connectivity index (χ4n) is 5.00. The lowest BCUT2D eigenvalue weighted by atomic mass is 10.1. The molecule has 0 saturated carbocycles. The SMILES string of the molecule is Cc1ccc(-c2ccccc2)n1-c1ccc(C(=O)N/N=C/c2ccc(OCc3cccc4ccccc34)c(Br)c2)cc1. The van der Waals surface area contributed by atoms with Crippen LogP contribution in [0.3, 0.4) is 0 Å². The zero-order chi connectivity index (χ0) is 28.9. The molecule has 42 heavy (non-hydrogen) atoms. The Hall–Kier alpha value is -4.94. The fourth-order valence-corrected chi connectivity index (χ4v) is 5.51. The normalized spacial score (nSPS) is 11.2. The van der Waals surface area contributed by atoms with Crippen LogP contribution in [0, 0.1) is 6.92 Å². The van der Waals surface area contributed by atoms with Gasteiger partial charge in [-0.2, -0.15) is 5.10 Å². The van der Waals surface area contributed by atoms with E-state index in [1.54, 1.807) is 6.21 Å². The summed E-state index contributed by atoms with van der Waals surface area (Å²) in [6.45, 7) is 2.53. The van der Waals surface area contributed by atoms with Crippen molar-refractivity contribution in [2.75, 3.05) is 0 Å². The van der Waals surface area contributed by atoms with E-state index in [-0.39, 0.29) is 5.91 Å². The summed E-state index contributed by atoms with van der Waals surface area (Å²) in [6.07, 6.45) is 1.61. The highest BCUT2D eigenvalue weighted by Gasteiger charge is 2.11. The quantitative estimate of drug-likeness (QED) is 0.138. The number of aryl methyl sites for hydroxylation is 1. The van der Waals surface area contributed by atoms with E-state index in [1.165, 1.54) is 10.8 Å². The second kappa shape index (κ2) is 12.3. The molecule has 1 heterocycles. The Morgan fingerprint density at radius 2 is 1.62 bits per heavy atom. The van der Waals surface area contributed by atoms with Crippen LogP contribution in [0.15, 0.2) is 137 Å². The number of nitrogens with one attached hydrogen (secondary N) is 1. The monoisotopic (exact) mass is 613 g/mol. The molecule has 0 spiro atoms. The molecule has 6 rings (SSSR count). The van der Waals surface area contributed by atoms with Gasteiger partial charge in [0.15, 0.2) is 0 Å². The van der Waals surface area contributed by atoms with Gasteiger partial charge in [-0.25, -0.2) is 5.43 Å². The van der Waals surface area contributed by atoms with E-state index in [0.717, 1.165) is 44.0 Å². The lowest BCUT2D eigenvalue weighted by molar-refractivity contribution is 0.0955. The standard InChI is InChI=1S/C36H28BrN3O2/c1-25-14-20-34(28-9-3-2-4-10-28)40(25)31-18-16-29(17-19-31)36(41)39-38-23-26-15-21-35(33(37)22-26)42-24-30-12-7-11-27-8-5-6-13-32(27)30/h2-23H,24H2,1H3,(H,39,41)/b38-23+. The summed E-state index contributed by atoms with van der Waals surface area (Å²) in [5.41, 5.74) is 9.45. The van der Waals surface area contributed by atoms with Gasteiger partial charge in [0.25, 0.3) is 5.91 Å². The van der Waals surface area contributed by atoms with E-state index < -0.39 is 0 Å². The van der Waals surface area contributed by atoms with Crippen molar-refractivity contribution in [3.8, 4) is 22.7 Å². The largest absolute Gasteiger partial charge is 0.488 e. The number of nitrogens with zero attached hydrogens (tertiary/aromatic N) is 2. The molecular formula is C36H28BrN3O2. The van der Waals surface area contributed by atoms with E-state index in [0.29, 0.717) is 12.2 Å². The third kappa shape index (κ3) is 5.90. The molecule has 0 fully saturated rings. The number of carbonyl (C=O) groups excluding carboxylic acids is 1. The molecule has 1 N–H and O–H groups in total. The molecule has 0 bridgehead atoms. The van der Waals surface area contributed by atoms with Gasteiger partial charge in [0.05, 0.1) is 16.4 Å². The molecule has 1 amide bonds. The minimum Gasteiger partial charge on any atom is -0.488 e. The number of fused-ring (bicyclic) bond motifs is 1. The summed E-state index contributed by atoms with van der Waals surface area (Å²) in [6, 6.07) is 42.2. The Kier molecular flexibility index (Phi) is 7.97. The minimum absolute atomic E-state index is 0.278. The van der Waals surface area contributed by atoms with Gasteiger partial charge in [0, 0.05) is 16.9 Å². The van der Waals surface area contributed by atoms with E-state index >= 15 is 0 Å². The maximum Gasteiger partial charge on any atom is 0.271 e. The maximum atomic E-state index is 12.8. The number of rotatable bonds is 8. The summed E-state index contributed by atoms with van der Waals surface area (Å²) in [5.74, 6) is 0.456. The molecule has 0 aliphatic rings. The van der Waals surface area contributed by atoms with Gasteiger partial charge >= 0.3 is 0 Å². The molecule has 206 valence electrons. The van der Waals surface area contributed by atoms with E-state index in [9.17, 15) is 4.79 Å². The van der Waals surface area contributed by atoms with Crippen molar-refractivity contribution < 1.29 is 9.53 Å². The van der Waals surface area contributed by atoms with Gasteiger partial charge in [0.2, 0.25) is 0 Å². The first-order chi connectivity index (χ1) is 20.6. The molecule has 1 aromatic heterocycles. The summed E-state index contributed by atoms with van der Waals surface area (Å²) in [4.78, 5) is 12.8. The lowest BCUT2D eigenvalue weighted by Crippen LogP contribution is -2.17. The van der Waals surface area contributed by atoms with Crippen LogP contribution in [0.5, 0.6) is 5.75 Å². The van der Waals surface area contributed by atoms with Crippen LogP contribution in [0.1, 0.15) is 27.2 Å². The molecule has 0 atom stereocenters. The van der Waals surface area contributed by atoms with Crippen LogP contribution in [-0.4, -0.2) is 16.7 Å². The fraction of sp³-hybridized carbons (Fsp3) is 0.0556. The van der Waals surface area contributed by atoms with Gasteiger partial charge in [-0.05, 0) is 105 Å². The summed E-state index contributed by atoms with van der Waals surface area (Å²) < 4.78 is 9.09. The Morgan fingerprint density at radius 3 is 2.43 bits per heavy atom. The smallest absolute Gasteiger partial charge is 0.271 e. The van der Waals surface area contributed by atoms with Gasteiger partial charge < -0.3 is 9.30 Å². The Balaban J connectivity index is 1.08. The van der Waals surface area contributed by atoms with Crippen molar-refractivity contribution in [2.24, 2.45) is 5.10 Å². The zero-order valence-corrected chi connectivity index (χ0v) is 24.6. The lowest BCUT2D eigenvalue weighted by Gasteiger charge is -2.12. The molecule has 0 saturated heterocycles. The summed E-state index contributed by atoms with van der Waals surface area (Å²) in [5, 5.41) is 6.54.